The van der Waals surface area contributed by atoms with Crippen LogP contribution in [0.3, 0.4) is 0 Å². The van der Waals surface area contributed by atoms with Crippen LogP contribution in [0, 0.1) is 0 Å². The molecule has 3 rings (SSSR count). The van der Waals surface area contributed by atoms with Crippen molar-refractivity contribution in [3.05, 3.63) is 29.3 Å². The third kappa shape index (κ3) is 4.44. The van der Waals surface area contributed by atoms with Gasteiger partial charge in [-0.15, -0.1) is 0 Å². The van der Waals surface area contributed by atoms with Gasteiger partial charge >= 0.3 is 5.97 Å². The SMILES string of the molecule is CC(C(=O)O)N(CC(=O)N1CCN(c2cccc(Cl)c2)CC1)C1CC1. The van der Waals surface area contributed by atoms with E-state index in [1.165, 1.54) is 0 Å². The molecule has 1 aromatic rings. The van der Waals surface area contributed by atoms with Gasteiger partial charge in [0.2, 0.25) is 5.91 Å². The molecule has 1 saturated heterocycles. The Morgan fingerprint density at radius 3 is 2.52 bits per heavy atom. The van der Waals surface area contributed by atoms with Gasteiger partial charge < -0.3 is 14.9 Å². The first kappa shape index (κ1) is 18.0. The number of carboxylic acid groups (broad SMARTS) is 1. The van der Waals surface area contributed by atoms with Crippen LogP contribution in [-0.2, 0) is 9.59 Å². The molecule has 1 aliphatic heterocycles. The van der Waals surface area contributed by atoms with E-state index in [2.05, 4.69) is 4.90 Å². The fourth-order valence-corrected chi connectivity index (χ4v) is 3.46. The van der Waals surface area contributed by atoms with E-state index in [0.29, 0.717) is 18.1 Å². The van der Waals surface area contributed by atoms with E-state index in [0.717, 1.165) is 31.6 Å². The lowest BCUT2D eigenvalue weighted by Crippen LogP contribution is -2.53. The molecule has 7 heteroatoms. The Morgan fingerprint density at radius 1 is 1.28 bits per heavy atom. The molecule has 25 heavy (non-hydrogen) atoms. The Morgan fingerprint density at radius 2 is 1.96 bits per heavy atom. The smallest absolute Gasteiger partial charge is 0.320 e. The van der Waals surface area contributed by atoms with Gasteiger partial charge in [0.25, 0.3) is 0 Å². The van der Waals surface area contributed by atoms with Crippen molar-refractivity contribution in [2.45, 2.75) is 31.8 Å². The van der Waals surface area contributed by atoms with Crippen LogP contribution in [0.2, 0.25) is 5.02 Å². The maximum Gasteiger partial charge on any atom is 0.320 e. The number of hydrogen-bond acceptors (Lipinski definition) is 4. The number of anilines is 1. The second-order valence-corrected chi connectivity index (χ2v) is 7.20. The van der Waals surface area contributed by atoms with Gasteiger partial charge in [-0.25, -0.2) is 0 Å². The highest BCUT2D eigenvalue weighted by atomic mass is 35.5. The Bertz CT molecular complexity index is 642. The van der Waals surface area contributed by atoms with Crippen LogP contribution in [0.25, 0.3) is 0 Å². The lowest BCUT2D eigenvalue weighted by atomic mass is 10.2. The molecule has 1 amide bonds. The van der Waals surface area contributed by atoms with Crippen LogP contribution >= 0.6 is 11.6 Å². The topological polar surface area (TPSA) is 64.1 Å². The molecule has 2 fully saturated rings. The number of amides is 1. The summed E-state index contributed by atoms with van der Waals surface area (Å²) in [7, 11) is 0. The molecule has 1 N–H and O–H groups in total. The largest absolute Gasteiger partial charge is 0.480 e. The number of hydrogen-bond donors (Lipinski definition) is 1. The Kier molecular flexibility index (Phi) is 5.49. The van der Waals surface area contributed by atoms with Gasteiger partial charge in [0.15, 0.2) is 0 Å². The molecule has 1 unspecified atom stereocenters. The number of carbonyl (C=O) groups excluding carboxylic acids is 1. The van der Waals surface area contributed by atoms with Gasteiger partial charge in [-0.2, -0.15) is 0 Å². The molecule has 136 valence electrons. The monoisotopic (exact) mass is 365 g/mol. The quantitative estimate of drug-likeness (QED) is 0.834. The Balaban J connectivity index is 1.55. The summed E-state index contributed by atoms with van der Waals surface area (Å²) in [5, 5.41) is 9.96. The van der Waals surface area contributed by atoms with E-state index in [1.54, 1.807) is 6.92 Å². The van der Waals surface area contributed by atoms with Gasteiger partial charge in [0.05, 0.1) is 6.54 Å². The highest BCUT2D eigenvalue weighted by Crippen LogP contribution is 2.29. The number of piperazine rings is 1. The van der Waals surface area contributed by atoms with Crippen molar-refractivity contribution < 1.29 is 14.7 Å². The van der Waals surface area contributed by atoms with E-state index < -0.39 is 12.0 Å². The Hall–Kier alpha value is -1.79. The van der Waals surface area contributed by atoms with Crippen LogP contribution in [0.1, 0.15) is 19.8 Å². The molecular weight excluding hydrogens is 342 g/mol. The third-order valence-corrected chi connectivity index (χ3v) is 5.23. The van der Waals surface area contributed by atoms with Gasteiger partial charge in [-0.1, -0.05) is 17.7 Å². The summed E-state index contributed by atoms with van der Waals surface area (Å²) in [5.74, 6) is -0.851. The summed E-state index contributed by atoms with van der Waals surface area (Å²) in [6.45, 7) is 4.64. The maximum atomic E-state index is 12.6. The van der Waals surface area contributed by atoms with E-state index >= 15 is 0 Å². The Labute approximate surface area is 152 Å². The summed E-state index contributed by atoms with van der Waals surface area (Å²) in [6, 6.07) is 7.35. The molecule has 6 nitrogen and oxygen atoms in total. The van der Waals surface area contributed by atoms with E-state index in [1.807, 2.05) is 34.1 Å². The fraction of sp³-hybridized carbons (Fsp3) is 0.556. The van der Waals surface area contributed by atoms with Crippen molar-refractivity contribution in [1.29, 1.82) is 0 Å². The molecular formula is C18H24ClN3O3. The zero-order chi connectivity index (χ0) is 18.0. The van der Waals surface area contributed by atoms with E-state index in [9.17, 15) is 14.7 Å². The van der Waals surface area contributed by atoms with E-state index in [-0.39, 0.29) is 18.5 Å². The molecule has 0 bridgehead atoms. The van der Waals surface area contributed by atoms with Crippen molar-refractivity contribution >= 4 is 29.2 Å². The zero-order valence-corrected chi connectivity index (χ0v) is 15.2. The first-order valence-corrected chi connectivity index (χ1v) is 9.10. The molecule has 0 radical (unpaired) electrons. The normalized spacial score (nSPS) is 19.2. The number of benzene rings is 1. The van der Waals surface area contributed by atoms with Crippen LogP contribution in [0.15, 0.2) is 24.3 Å². The van der Waals surface area contributed by atoms with Crippen molar-refractivity contribution in [2.24, 2.45) is 0 Å². The summed E-state index contributed by atoms with van der Waals surface area (Å²) in [6.07, 6.45) is 1.96. The van der Waals surface area contributed by atoms with Crippen LogP contribution < -0.4 is 4.90 Å². The molecule has 0 aromatic heterocycles. The molecule has 1 heterocycles. The maximum absolute atomic E-state index is 12.6. The van der Waals surface area contributed by atoms with Gasteiger partial charge in [0, 0.05) is 42.9 Å². The number of carboxylic acids is 1. The first-order chi connectivity index (χ1) is 12.0. The first-order valence-electron chi connectivity index (χ1n) is 8.72. The minimum atomic E-state index is -0.870. The molecule has 0 spiro atoms. The summed E-state index contributed by atoms with van der Waals surface area (Å²) in [4.78, 5) is 29.8. The highest BCUT2D eigenvalue weighted by molar-refractivity contribution is 6.30. The van der Waals surface area contributed by atoms with Crippen LogP contribution in [0.5, 0.6) is 0 Å². The predicted octanol–water partition coefficient (Wildman–Crippen LogP) is 1.93. The van der Waals surface area contributed by atoms with Crippen molar-refractivity contribution in [3.8, 4) is 0 Å². The second-order valence-electron chi connectivity index (χ2n) is 6.77. The molecule has 1 aromatic carbocycles. The van der Waals surface area contributed by atoms with Crippen LogP contribution in [-0.4, -0.2) is 71.6 Å². The molecule has 1 saturated carbocycles. The minimum absolute atomic E-state index is 0.0192. The molecule has 1 aliphatic carbocycles. The number of carbonyl (C=O) groups is 2. The second kappa shape index (κ2) is 7.62. The van der Waals surface area contributed by atoms with Crippen molar-refractivity contribution in [1.82, 2.24) is 9.80 Å². The van der Waals surface area contributed by atoms with Crippen molar-refractivity contribution in [3.63, 3.8) is 0 Å². The standard InChI is InChI=1S/C18H24ClN3O3/c1-13(18(24)25)22(15-5-6-15)12-17(23)21-9-7-20(8-10-21)16-4-2-3-14(19)11-16/h2-4,11,13,15H,5-10,12H2,1H3,(H,24,25). The third-order valence-electron chi connectivity index (χ3n) is 4.99. The minimum Gasteiger partial charge on any atom is -0.480 e. The molecule has 1 atom stereocenters. The van der Waals surface area contributed by atoms with Crippen LogP contribution in [0.4, 0.5) is 5.69 Å². The number of rotatable bonds is 6. The number of aliphatic carboxylic acids is 1. The van der Waals surface area contributed by atoms with Gasteiger partial charge in [-0.05, 0) is 38.0 Å². The number of nitrogens with zero attached hydrogens (tertiary/aromatic N) is 3. The predicted molar refractivity (Wildman–Crippen MR) is 97.1 cm³/mol. The van der Waals surface area contributed by atoms with E-state index in [4.69, 9.17) is 11.6 Å². The highest BCUT2D eigenvalue weighted by Gasteiger charge is 2.37. The molecule has 2 aliphatic rings. The van der Waals surface area contributed by atoms with Gasteiger partial charge in [0.1, 0.15) is 6.04 Å². The van der Waals surface area contributed by atoms with Gasteiger partial charge in [-0.3, -0.25) is 14.5 Å². The number of halogens is 1. The average molecular weight is 366 g/mol. The lowest BCUT2D eigenvalue weighted by Gasteiger charge is -2.37. The summed E-state index contributed by atoms with van der Waals surface area (Å²) < 4.78 is 0. The zero-order valence-electron chi connectivity index (χ0n) is 14.4. The summed E-state index contributed by atoms with van der Waals surface area (Å²) in [5.41, 5.74) is 1.07. The average Bonchev–Trinajstić information content (AvgIpc) is 3.44. The lowest BCUT2D eigenvalue weighted by molar-refractivity contribution is -0.144. The summed E-state index contributed by atoms with van der Waals surface area (Å²) >= 11 is 6.05. The fourth-order valence-electron chi connectivity index (χ4n) is 3.27. The van der Waals surface area contributed by atoms with Crippen molar-refractivity contribution in [2.75, 3.05) is 37.6 Å².